The number of carbonyl (C=O) groups excluding carboxylic acids is 1. The lowest BCUT2D eigenvalue weighted by atomic mass is 10.2. The molecule has 0 spiro atoms. The van der Waals surface area contributed by atoms with Gasteiger partial charge < -0.3 is 4.74 Å². The fraction of sp³-hybridized carbons (Fsp3) is 0.200. The van der Waals surface area contributed by atoms with Crippen LogP contribution in [-0.4, -0.2) is 38.0 Å². The van der Waals surface area contributed by atoms with Crippen molar-refractivity contribution in [2.75, 3.05) is 13.2 Å². The molecule has 0 saturated heterocycles. The number of ether oxygens (including phenoxy) is 1. The minimum absolute atomic E-state index is 0.0355. The fourth-order valence-electron chi connectivity index (χ4n) is 3.12. The van der Waals surface area contributed by atoms with Gasteiger partial charge in [0.15, 0.2) is 0 Å². The Hall–Kier alpha value is -3.01. The highest BCUT2D eigenvalue weighted by atomic mass is 79.9. The fourth-order valence-corrected chi connectivity index (χ4v) is 4.77. The van der Waals surface area contributed by atoms with E-state index in [1.165, 1.54) is 6.21 Å². The third-order valence-electron chi connectivity index (χ3n) is 4.86. The van der Waals surface area contributed by atoms with Gasteiger partial charge in [-0.3, -0.25) is 4.79 Å². The van der Waals surface area contributed by atoms with Crippen LogP contribution in [0.2, 0.25) is 0 Å². The zero-order valence-corrected chi connectivity index (χ0v) is 21.3. The molecule has 3 aromatic rings. The van der Waals surface area contributed by atoms with E-state index in [2.05, 4.69) is 26.5 Å². The number of amides is 1. The Labute approximate surface area is 208 Å². The molecule has 0 unspecified atom stereocenters. The first kappa shape index (κ1) is 25.6. The summed E-state index contributed by atoms with van der Waals surface area (Å²) in [5, 5.41) is 3.99. The van der Waals surface area contributed by atoms with Gasteiger partial charge in [0.05, 0.1) is 24.3 Å². The maximum Gasteiger partial charge on any atom is 0.255 e. The van der Waals surface area contributed by atoms with E-state index in [-0.39, 0.29) is 11.4 Å². The molecule has 3 aromatic carbocycles. The first-order valence-electron chi connectivity index (χ1n) is 10.6. The molecule has 0 aliphatic heterocycles. The van der Waals surface area contributed by atoms with Gasteiger partial charge in [0, 0.05) is 16.6 Å². The summed E-state index contributed by atoms with van der Waals surface area (Å²) in [5.74, 6) is 0.0831. The minimum atomic E-state index is -3.92. The maximum absolute atomic E-state index is 13.3. The van der Waals surface area contributed by atoms with Crippen molar-refractivity contribution < 1.29 is 17.9 Å². The van der Waals surface area contributed by atoms with Crippen molar-refractivity contribution in [2.45, 2.75) is 25.3 Å². The van der Waals surface area contributed by atoms with Gasteiger partial charge in [0.2, 0.25) is 10.0 Å². The number of para-hydroxylation sites is 1. The number of rotatable bonds is 10. The van der Waals surface area contributed by atoms with E-state index in [4.69, 9.17) is 4.74 Å². The van der Waals surface area contributed by atoms with Gasteiger partial charge in [-0.15, -0.1) is 0 Å². The Kier molecular flexibility index (Phi) is 8.98. The topological polar surface area (TPSA) is 88.1 Å². The molecule has 3 rings (SSSR count). The summed E-state index contributed by atoms with van der Waals surface area (Å²) >= 11 is 3.38. The molecule has 0 fully saturated rings. The van der Waals surface area contributed by atoms with Crippen molar-refractivity contribution in [3.63, 3.8) is 0 Å². The number of hydrogen-bond acceptors (Lipinski definition) is 5. The van der Waals surface area contributed by atoms with Crippen molar-refractivity contribution in [1.82, 2.24) is 9.73 Å². The van der Waals surface area contributed by atoms with Crippen LogP contribution in [0, 0.1) is 6.92 Å². The van der Waals surface area contributed by atoms with Crippen LogP contribution >= 0.6 is 15.9 Å². The van der Waals surface area contributed by atoms with Gasteiger partial charge in [-0.05, 0) is 55.8 Å². The zero-order chi connectivity index (χ0) is 24.6. The SMILES string of the molecule is CCOc1ccccc1/C=N\NC(=O)CN(Cc1ccc(Br)cc1)S(=O)(=O)c1ccc(C)cc1. The van der Waals surface area contributed by atoms with Gasteiger partial charge >= 0.3 is 0 Å². The van der Waals surface area contributed by atoms with Gasteiger partial charge in [-0.1, -0.05) is 57.9 Å². The quantitative estimate of drug-likeness (QED) is 0.301. The first-order chi connectivity index (χ1) is 16.3. The molecule has 34 heavy (non-hydrogen) atoms. The molecule has 178 valence electrons. The molecule has 0 radical (unpaired) electrons. The molecule has 0 aliphatic rings. The summed E-state index contributed by atoms with van der Waals surface area (Å²) < 4.78 is 34.2. The maximum atomic E-state index is 13.3. The first-order valence-corrected chi connectivity index (χ1v) is 12.9. The average Bonchev–Trinajstić information content (AvgIpc) is 2.81. The summed E-state index contributed by atoms with van der Waals surface area (Å²) in [6.45, 7) is 3.90. The van der Waals surface area contributed by atoms with Crippen LogP contribution in [0.1, 0.15) is 23.6 Å². The molecule has 7 nitrogen and oxygen atoms in total. The van der Waals surface area contributed by atoms with Crippen LogP contribution in [0.4, 0.5) is 0 Å². The number of benzene rings is 3. The second kappa shape index (κ2) is 11.9. The Morgan fingerprint density at radius 3 is 2.41 bits per heavy atom. The lowest BCUT2D eigenvalue weighted by Gasteiger charge is -2.21. The van der Waals surface area contributed by atoms with Crippen LogP contribution < -0.4 is 10.2 Å². The molecule has 0 aromatic heterocycles. The summed E-state index contributed by atoms with van der Waals surface area (Å²) in [7, 11) is -3.92. The van der Waals surface area contributed by atoms with E-state index in [0.717, 1.165) is 19.9 Å². The second-order valence-corrected chi connectivity index (χ2v) is 10.3. The monoisotopic (exact) mass is 543 g/mol. The molecule has 0 aliphatic carbocycles. The van der Waals surface area contributed by atoms with Gasteiger partial charge in [-0.25, -0.2) is 13.8 Å². The van der Waals surface area contributed by atoms with E-state index < -0.39 is 22.5 Å². The Morgan fingerprint density at radius 1 is 1.06 bits per heavy atom. The van der Waals surface area contributed by atoms with Gasteiger partial charge in [0.25, 0.3) is 5.91 Å². The molecule has 9 heteroatoms. The molecule has 1 N–H and O–H groups in total. The number of aryl methyl sites for hydroxylation is 1. The van der Waals surface area contributed by atoms with Crippen molar-refractivity contribution in [1.29, 1.82) is 0 Å². The molecule has 0 heterocycles. The highest BCUT2D eigenvalue weighted by molar-refractivity contribution is 9.10. The van der Waals surface area contributed by atoms with E-state index in [0.29, 0.717) is 17.9 Å². The third-order valence-corrected chi connectivity index (χ3v) is 7.20. The van der Waals surface area contributed by atoms with E-state index in [9.17, 15) is 13.2 Å². The lowest BCUT2D eigenvalue weighted by Crippen LogP contribution is -2.39. The highest BCUT2D eigenvalue weighted by Crippen LogP contribution is 2.20. The van der Waals surface area contributed by atoms with Crippen molar-refractivity contribution in [2.24, 2.45) is 5.10 Å². The third kappa shape index (κ3) is 6.99. The Bertz CT molecular complexity index is 1240. The second-order valence-electron chi connectivity index (χ2n) is 7.48. The van der Waals surface area contributed by atoms with E-state index in [1.54, 1.807) is 30.3 Å². The standard InChI is InChI=1S/C25H26BrN3O4S/c1-3-33-24-7-5-4-6-21(24)16-27-28-25(30)18-29(17-20-10-12-22(26)13-11-20)34(31,32)23-14-8-19(2)9-15-23/h4-16H,3,17-18H2,1-2H3,(H,28,30)/b27-16-. The number of nitrogens with zero attached hydrogens (tertiary/aromatic N) is 2. The predicted molar refractivity (Wildman–Crippen MR) is 136 cm³/mol. The van der Waals surface area contributed by atoms with Crippen LogP contribution in [0.5, 0.6) is 5.75 Å². The summed E-state index contributed by atoms with van der Waals surface area (Å²) in [6.07, 6.45) is 1.47. The van der Waals surface area contributed by atoms with Gasteiger partial charge in [0.1, 0.15) is 5.75 Å². The largest absolute Gasteiger partial charge is 0.493 e. The molecule has 1 amide bonds. The van der Waals surface area contributed by atoms with Gasteiger partial charge in [-0.2, -0.15) is 9.41 Å². The van der Waals surface area contributed by atoms with Crippen molar-refractivity contribution >= 4 is 38.1 Å². The molecule has 0 saturated carbocycles. The summed E-state index contributed by atoms with van der Waals surface area (Å²) in [5.41, 5.74) is 4.81. The number of carbonyl (C=O) groups is 1. The van der Waals surface area contributed by atoms with Crippen LogP contribution in [0.25, 0.3) is 0 Å². The Balaban J connectivity index is 1.78. The predicted octanol–water partition coefficient (Wildman–Crippen LogP) is 4.50. The smallest absolute Gasteiger partial charge is 0.255 e. The van der Waals surface area contributed by atoms with Crippen LogP contribution in [-0.2, 0) is 21.4 Å². The Morgan fingerprint density at radius 2 is 1.74 bits per heavy atom. The summed E-state index contributed by atoms with van der Waals surface area (Å²) in [4.78, 5) is 12.8. The number of nitrogens with one attached hydrogen (secondary N) is 1. The highest BCUT2D eigenvalue weighted by Gasteiger charge is 2.27. The van der Waals surface area contributed by atoms with E-state index in [1.807, 2.05) is 56.3 Å². The minimum Gasteiger partial charge on any atom is -0.493 e. The average molecular weight is 544 g/mol. The van der Waals surface area contributed by atoms with Crippen molar-refractivity contribution in [3.05, 3.63) is 94.0 Å². The summed E-state index contributed by atoms with van der Waals surface area (Å²) in [6, 6.07) is 21.1. The van der Waals surface area contributed by atoms with E-state index >= 15 is 0 Å². The molecular weight excluding hydrogens is 518 g/mol. The molecular formula is C25H26BrN3O4S. The number of hydrazone groups is 1. The number of sulfonamides is 1. The zero-order valence-electron chi connectivity index (χ0n) is 18.9. The van der Waals surface area contributed by atoms with Crippen molar-refractivity contribution in [3.8, 4) is 5.75 Å². The lowest BCUT2D eigenvalue weighted by molar-refractivity contribution is -0.121. The van der Waals surface area contributed by atoms with Crippen LogP contribution in [0.3, 0.4) is 0 Å². The molecule has 0 bridgehead atoms. The molecule has 0 atom stereocenters. The normalized spacial score (nSPS) is 11.6. The number of halogens is 1. The van der Waals surface area contributed by atoms with Crippen LogP contribution in [0.15, 0.2) is 87.3 Å². The number of hydrogen-bond donors (Lipinski definition) is 1.